The number of rotatable bonds is 6. The lowest BCUT2D eigenvalue weighted by Crippen LogP contribution is -2.58. The molecule has 148 valence electrons. The summed E-state index contributed by atoms with van der Waals surface area (Å²) < 4.78 is 0. The van der Waals surface area contributed by atoms with Crippen LogP contribution in [-0.2, 0) is 9.59 Å². The van der Waals surface area contributed by atoms with Gasteiger partial charge in [-0.3, -0.25) is 29.8 Å². The van der Waals surface area contributed by atoms with E-state index >= 15 is 0 Å². The molecule has 1 atom stereocenters. The van der Waals surface area contributed by atoms with Gasteiger partial charge >= 0.3 is 6.03 Å². The van der Waals surface area contributed by atoms with Gasteiger partial charge < -0.3 is 0 Å². The number of hydrogen-bond acceptors (Lipinski definition) is 5. The molecule has 3 rings (SSSR count). The van der Waals surface area contributed by atoms with Crippen molar-refractivity contribution in [2.45, 2.75) is 6.42 Å². The van der Waals surface area contributed by atoms with Gasteiger partial charge in [0.05, 0.1) is 5.92 Å². The molecule has 29 heavy (non-hydrogen) atoms. The molecule has 1 aliphatic heterocycles. The Morgan fingerprint density at radius 3 is 1.72 bits per heavy atom. The molecule has 2 aromatic carbocycles. The third-order valence-corrected chi connectivity index (χ3v) is 4.98. The summed E-state index contributed by atoms with van der Waals surface area (Å²) >= 11 is 11.7. The Morgan fingerprint density at radius 2 is 1.24 bits per heavy atom. The third kappa shape index (κ3) is 4.70. The number of ketones is 2. The van der Waals surface area contributed by atoms with Crippen molar-refractivity contribution >= 4 is 52.6 Å². The van der Waals surface area contributed by atoms with Crippen molar-refractivity contribution in [2.75, 3.05) is 0 Å². The number of nitrogens with one attached hydrogen (secondary N) is 2. The molecule has 9 heteroatoms. The van der Waals surface area contributed by atoms with Gasteiger partial charge in [-0.1, -0.05) is 23.2 Å². The van der Waals surface area contributed by atoms with Gasteiger partial charge in [-0.25, -0.2) is 4.79 Å². The Hall–Kier alpha value is -3.03. The quantitative estimate of drug-likeness (QED) is 0.538. The van der Waals surface area contributed by atoms with E-state index in [1.54, 1.807) is 0 Å². The summed E-state index contributed by atoms with van der Waals surface area (Å²) in [5, 5.41) is 4.76. The average Bonchev–Trinajstić information content (AvgIpc) is 2.67. The minimum absolute atomic E-state index is 0.181. The van der Waals surface area contributed by atoms with Crippen molar-refractivity contribution in [1.82, 2.24) is 10.6 Å². The molecule has 1 aliphatic rings. The molecule has 0 saturated carbocycles. The monoisotopic (exact) mass is 432 g/mol. The van der Waals surface area contributed by atoms with Gasteiger partial charge in [0.1, 0.15) is 5.92 Å². The second kappa shape index (κ2) is 8.55. The summed E-state index contributed by atoms with van der Waals surface area (Å²) in [5.41, 5.74) is 0.455. The Kier molecular flexibility index (Phi) is 6.10. The lowest BCUT2D eigenvalue weighted by molar-refractivity contribution is -0.137. The Labute approximate surface area is 175 Å². The molecule has 2 aromatic rings. The number of barbiturate groups is 1. The minimum atomic E-state index is -1.54. The Morgan fingerprint density at radius 1 is 0.793 bits per heavy atom. The van der Waals surface area contributed by atoms with Crippen LogP contribution in [0.1, 0.15) is 27.1 Å². The fourth-order valence-corrected chi connectivity index (χ4v) is 3.29. The zero-order chi connectivity index (χ0) is 21.1. The second-order valence-electron chi connectivity index (χ2n) is 6.40. The van der Waals surface area contributed by atoms with Crippen LogP contribution in [0.2, 0.25) is 10.0 Å². The molecule has 0 spiro atoms. The lowest BCUT2D eigenvalue weighted by atomic mass is 9.79. The maximum atomic E-state index is 13.1. The number of Topliss-reactive ketones (excluding diaryl/α,β-unsaturated/α-hetero) is 2. The molecule has 4 amide bonds. The van der Waals surface area contributed by atoms with E-state index in [1.165, 1.54) is 48.5 Å². The largest absolute Gasteiger partial charge is 0.328 e. The van der Waals surface area contributed by atoms with E-state index in [0.717, 1.165) is 0 Å². The molecule has 0 bridgehead atoms. The highest BCUT2D eigenvalue weighted by molar-refractivity contribution is 6.31. The van der Waals surface area contributed by atoms with Gasteiger partial charge in [-0.05, 0) is 48.5 Å². The maximum absolute atomic E-state index is 13.1. The number of benzene rings is 2. The van der Waals surface area contributed by atoms with Crippen molar-refractivity contribution in [1.29, 1.82) is 0 Å². The van der Waals surface area contributed by atoms with E-state index in [1.807, 2.05) is 10.6 Å². The Balaban J connectivity index is 1.95. The molecule has 0 radical (unpaired) electrons. The number of amides is 4. The summed E-state index contributed by atoms with van der Waals surface area (Å²) in [5.74, 6) is -5.76. The highest BCUT2D eigenvalue weighted by atomic mass is 35.5. The zero-order valence-corrected chi connectivity index (χ0v) is 16.3. The Bertz CT molecular complexity index is 983. The molecule has 0 aromatic heterocycles. The van der Waals surface area contributed by atoms with Gasteiger partial charge in [0, 0.05) is 27.6 Å². The first kappa shape index (κ1) is 20.7. The fraction of sp³-hybridized carbons (Fsp3) is 0.150. The molecule has 2 N–H and O–H groups in total. The van der Waals surface area contributed by atoms with Crippen LogP contribution in [0.4, 0.5) is 4.79 Å². The standard InChI is InChI=1S/C20H14Cl2N2O5/c21-12-5-1-10(2-6-12)15(25)9-14(16-18(27)23-20(29)24-19(16)28)17(26)11-3-7-13(22)8-4-11/h1-8,14,16H,9H2,(H2,23,24,27,28,29). The summed E-state index contributed by atoms with van der Waals surface area (Å²) in [6.07, 6.45) is -0.414. The van der Waals surface area contributed by atoms with Crippen LogP contribution in [-0.4, -0.2) is 29.4 Å². The highest BCUT2D eigenvalue weighted by Crippen LogP contribution is 2.26. The van der Waals surface area contributed by atoms with Gasteiger partial charge in [0.2, 0.25) is 11.8 Å². The van der Waals surface area contributed by atoms with Crippen molar-refractivity contribution in [3.05, 3.63) is 69.7 Å². The number of imide groups is 2. The van der Waals surface area contributed by atoms with Gasteiger partial charge in [0.25, 0.3) is 0 Å². The van der Waals surface area contributed by atoms with E-state index in [-0.39, 0.29) is 11.1 Å². The first-order valence-electron chi connectivity index (χ1n) is 8.50. The number of carbonyl (C=O) groups is 5. The normalized spacial score (nSPS) is 15.4. The molecule has 1 heterocycles. The molecular weight excluding hydrogens is 419 g/mol. The molecule has 0 aliphatic carbocycles. The van der Waals surface area contributed by atoms with Crippen LogP contribution >= 0.6 is 23.2 Å². The SMILES string of the molecule is O=C1NC(=O)C(C(CC(=O)c2ccc(Cl)cc2)C(=O)c2ccc(Cl)cc2)C(=O)N1. The van der Waals surface area contributed by atoms with Crippen LogP contribution < -0.4 is 10.6 Å². The van der Waals surface area contributed by atoms with Crippen molar-refractivity contribution in [3.8, 4) is 0 Å². The molecular formula is C20H14Cl2N2O5. The molecule has 1 saturated heterocycles. The number of carbonyl (C=O) groups excluding carboxylic acids is 5. The fourth-order valence-electron chi connectivity index (χ4n) is 3.04. The van der Waals surface area contributed by atoms with E-state index in [2.05, 4.69) is 0 Å². The van der Waals surface area contributed by atoms with E-state index < -0.39 is 47.7 Å². The summed E-state index contributed by atoms with van der Waals surface area (Å²) in [6.45, 7) is 0. The van der Waals surface area contributed by atoms with Gasteiger partial charge in [-0.2, -0.15) is 0 Å². The molecule has 1 fully saturated rings. The number of urea groups is 1. The number of hydrogen-bond donors (Lipinski definition) is 2. The number of halogens is 2. The first-order valence-corrected chi connectivity index (χ1v) is 9.26. The van der Waals surface area contributed by atoms with Gasteiger partial charge in [0.15, 0.2) is 11.6 Å². The van der Waals surface area contributed by atoms with E-state index in [0.29, 0.717) is 10.0 Å². The van der Waals surface area contributed by atoms with Crippen LogP contribution in [0.25, 0.3) is 0 Å². The predicted molar refractivity (Wildman–Crippen MR) is 105 cm³/mol. The van der Waals surface area contributed by atoms with Crippen molar-refractivity contribution in [3.63, 3.8) is 0 Å². The highest BCUT2D eigenvalue weighted by Gasteiger charge is 2.44. The van der Waals surface area contributed by atoms with Crippen LogP contribution in [0.5, 0.6) is 0 Å². The predicted octanol–water partition coefficient (Wildman–Crippen LogP) is 3.05. The van der Waals surface area contributed by atoms with Gasteiger partial charge in [-0.15, -0.1) is 0 Å². The van der Waals surface area contributed by atoms with Crippen molar-refractivity contribution in [2.24, 2.45) is 11.8 Å². The maximum Gasteiger partial charge on any atom is 0.328 e. The smallest absolute Gasteiger partial charge is 0.294 e. The summed E-state index contributed by atoms with van der Waals surface area (Å²) in [6, 6.07) is 10.9. The topological polar surface area (TPSA) is 109 Å². The molecule has 1 unspecified atom stereocenters. The zero-order valence-electron chi connectivity index (χ0n) is 14.8. The first-order chi connectivity index (χ1) is 13.8. The minimum Gasteiger partial charge on any atom is -0.294 e. The van der Waals surface area contributed by atoms with Crippen molar-refractivity contribution < 1.29 is 24.0 Å². The molecule has 7 nitrogen and oxygen atoms in total. The van der Waals surface area contributed by atoms with Crippen LogP contribution in [0.15, 0.2) is 48.5 Å². The van der Waals surface area contributed by atoms with Crippen LogP contribution in [0.3, 0.4) is 0 Å². The van der Waals surface area contributed by atoms with E-state index in [9.17, 15) is 24.0 Å². The van der Waals surface area contributed by atoms with Crippen LogP contribution in [0, 0.1) is 11.8 Å². The second-order valence-corrected chi connectivity index (χ2v) is 7.27. The summed E-state index contributed by atoms with van der Waals surface area (Å²) in [7, 11) is 0. The third-order valence-electron chi connectivity index (χ3n) is 4.48. The average molecular weight is 433 g/mol. The lowest BCUT2D eigenvalue weighted by Gasteiger charge is -2.27. The van der Waals surface area contributed by atoms with E-state index in [4.69, 9.17) is 23.2 Å². The summed E-state index contributed by atoms with van der Waals surface area (Å²) in [4.78, 5) is 61.8.